The van der Waals surface area contributed by atoms with E-state index in [2.05, 4.69) is 6.58 Å². The van der Waals surface area contributed by atoms with Gasteiger partial charge in [-0.1, -0.05) is 17.8 Å². The third-order valence-electron chi connectivity index (χ3n) is 5.58. The normalized spacial score (nSPS) is 20.1. The molecule has 1 fully saturated rings. The van der Waals surface area contributed by atoms with Gasteiger partial charge in [-0.15, -0.1) is 17.9 Å². The summed E-state index contributed by atoms with van der Waals surface area (Å²) in [5.74, 6) is 0.0900. The molecular formula is C19H23N3O4S3. The average molecular weight is 454 g/mol. The summed E-state index contributed by atoms with van der Waals surface area (Å²) < 4.78 is 25.0. The number of thioether (sulfide) groups is 1. The second kappa shape index (κ2) is 7.88. The Balaban J connectivity index is 1.57. The van der Waals surface area contributed by atoms with Crippen LogP contribution in [0, 0.1) is 0 Å². The number of nitrogens with zero attached hydrogens (tertiary/aromatic N) is 3. The standard InChI is InChI=1S/C19H23N3O4S3/c1-3-8-22-18(24)16-13-5-4-6-14(13)28-17(16)20-19(22)27-10-15(23)21(2)12-7-9-29(25,26)11-12/h3,12H,1,4-11H2,2H3. The molecule has 0 N–H and O–H groups in total. The maximum absolute atomic E-state index is 13.1. The third kappa shape index (κ3) is 3.89. The summed E-state index contributed by atoms with van der Waals surface area (Å²) in [5.41, 5.74) is 1.06. The van der Waals surface area contributed by atoms with E-state index >= 15 is 0 Å². The molecule has 1 amide bonds. The van der Waals surface area contributed by atoms with E-state index in [1.54, 1.807) is 29.0 Å². The minimum atomic E-state index is -3.05. The van der Waals surface area contributed by atoms with E-state index in [4.69, 9.17) is 4.98 Å². The highest BCUT2D eigenvalue weighted by Gasteiger charge is 2.33. The van der Waals surface area contributed by atoms with Gasteiger partial charge in [-0.3, -0.25) is 14.2 Å². The van der Waals surface area contributed by atoms with E-state index in [1.165, 1.54) is 21.5 Å². The van der Waals surface area contributed by atoms with Crippen LogP contribution in [-0.4, -0.2) is 59.1 Å². The number of rotatable bonds is 6. The van der Waals surface area contributed by atoms with Crippen molar-refractivity contribution in [2.45, 2.75) is 43.4 Å². The number of hydrogen-bond donors (Lipinski definition) is 0. The molecule has 0 saturated carbocycles. The number of hydrogen-bond acceptors (Lipinski definition) is 7. The average Bonchev–Trinajstić information content (AvgIpc) is 3.35. The van der Waals surface area contributed by atoms with Gasteiger partial charge in [0.15, 0.2) is 15.0 Å². The molecule has 1 aliphatic carbocycles. The summed E-state index contributed by atoms with van der Waals surface area (Å²) in [4.78, 5) is 34.0. The second-order valence-corrected chi connectivity index (χ2v) is 11.7. The number of aromatic nitrogens is 2. The number of amides is 1. The van der Waals surface area contributed by atoms with E-state index in [9.17, 15) is 18.0 Å². The van der Waals surface area contributed by atoms with Gasteiger partial charge in [-0.05, 0) is 31.2 Å². The molecule has 3 heterocycles. The zero-order chi connectivity index (χ0) is 20.8. The number of allylic oxidation sites excluding steroid dienone is 1. The molecule has 10 heteroatoms. The lowest BCUT2D eigenvalue weighted by atomic mass is 10.2. The highest BCUT2D eigenvalue weighted by Crippen LogP contribution is 2.35. The number of sulfone groups is 1. The van der Waals surface area contributed by atoms with Gasteiger partial charge >= 0.3 is 0 Å². The Bertz CT molecular complexity index is 1150. The summed E-state index contributed by atoms with van der Waals surface area (Å²) in [6.45, 7) is 4.07. The molecule has 156 valence electrons. The van der Waals surface area contributed by atoms with Crippen LogP contribution in [0.2, 0.25) is 0 Å². The number of fused-ring (bicyclic) bond motifs is 3. The molecule has 1 saturated heterocycles. The molecule has 0 bridgehead atoms. The van der Waals surface area contributed by atoms with Gasteiger partial charge in [0.1, 0.15) is 4.83 Å². The third-order valence-corrected chi connectivity index (χ3v) is 9.47. The van der Waals surface area contributed by atoms with Gasteiger partial charge in [-0.2, -0.15) is 0 Å². The van der Waals surface area contributed by atoms with E-state index in [-0.39, 0.29) is 34.8 Å². The van der Waals surface area contributed by atoms with Crippen molar-refractivity contribution in [2.24, 2.45) is 0 Å². The summed E-state index contributed by atoms with van der Waals surface area (Å²) >= 11 is 2.80. The van der Waals surface area contributed by atoms with Crippen LogP contribution in [-0.2, 0) is 34.0 Å². The van der Waals surface area contributed by atoms with Crippen molar-refractivity contribution in [3.63, 3.8) is 0 Å². The lowest BCUT2D eigenvalue weighted by Gasteiger charge is -2.23. The quantitative estimate of drug-likeness (QED) is 0.377. The number of carbonyl (C=O) groups excluding carboxylic acids is 1. The maximum atomic E-state index is 13.1. The van der Waals surface area contributed by atoms with Crippen LogP contribution >= 0.6 is 23.1 Å². The minimum Gasteiger partial charge on any atom is -0.341 e. The lowest BCUT2D eigenvalue weighted by molar-refractivity contribution is -0.128. The van der Waals surface area contributed by atoms with Gasteiger partial charge in [0, 0.05) is 24.5 Å². The van der Waals surface area contributed by atoms with E-state index in [0.29, 0.717) is 23.5 Å². The molecule has 0 spiro atoms. The molecule has 0 radical (unpaired) electrons. The highest BCUT2D eigenvalue weighted by molar-refractivity contribution is 7.99. The fraction of sp³-hybridized carbons (Fsp3) is 0.526. The predicted molar refractivity (Wildman–Crippen MR) is 117 cm³/mol. The topological polar surface area (TPSA) is 89.3 Å². The molecular weight excluding hydrogens is 430 g/mol. The van der Waals surface area contributed by atoms with Crippen LogP contribution in [0.5, 0.6) is 0 Å². The predicted octanol–water partition coefficient (Wildman–Crippen LogP) is 1.87. The van der Waals surface area contributed by atoms with Crippen molar-refractivity contribution < 1.29 is 13.2 Å². The van der Waals surface area contributed by atoms with Gasteiger partial charge in [-0.25, -0.2) is 13.4 Å². The Morgan fingerprint density at radius 3 is 2.93 bits per heavy atom. The van der Waals surface area contributed by atoms with Crippen molar-refractivity contribution in [3.8, 4) is 0 Å². The van der Waals surface area contributed by atoms with Crippen molar-refractivity contribution >= 4 is 49.1 Å². The molecule has 2 aromatic rings. The number of thiophene rings is 1. The summed E-state index contributed by atoms with van der Waals surface area (Å²) in [5, 5.41) is 1.22. The van der Waals surface area contributed by atoms with Gasteiger partial charge in [0.25, 0.3) is 5.56 Å². The molecule has 1 aliphatic heterocycles. The molecule has 2 aromatic heterocycles. The van der Waals surface area contributed by atoms with Crippen molar-refractivity contribution in [2.75, 3.05) is 24.3 Å². The lowest BCUT2D eigenvalue weighted by Crippen LogP contribution is -2.39. The molecule has 1 atom stereocenters. The number of aryl methyl sites for hydroxylation is 2. The Morgan fingerprint density at radius 2 is 2.24 bits per heavy atom. The molecule has 1 unspecified atom stereocenters. The summed E-state index contributed by atoms with van der Waals surface area (Å²) in [6.07, 6.45) is 5.12. The summed E-state index contributed by atoms with van der Waals surface area (Å²) in [7, 11) is -1.41. The zero-order valence-electron chi connectivity index (χ0n) is 16.2. The minimum absolute atomic E-state index is 0.0199. The molecule has 2 aliphatic rings. The largest absolute Gasteiger partial charge is 0.341 e. The fourth-order valence-corrected chi connectivity index (χ4v) is 7.98. The Kier molecular flexibility index (Phi) is 5.60. The van der Waals surface area contributed by atoms with Gasteiger partial charge < -0.3 is 4.90 Å². The van der Waals surface area contributed by atoms with Crippen LogP contribution < -0.4 is 5.56 Å². The zero-order valence-corrected chi connectivity index (χ0v) is 18.7. The maximum Gasteiger partial charge on any atom is 0.263 e. The Morgan fingerprint density at radius 1 is 1.45 bits per heavy atom. The van der Waals surface area contributed by atoms with Crippen LogP contribution in [0.25, 0.3) is 10.2 Å². The van der Waals surface area contributed by atoms with Crippen LogP contribution in [0.1, 0.15) is 23.3 Å². The fourth-order valence-electron chi connectivity index (χ4n) is 3.97. The molecule has 4 rings (SSSR count). The van der Waals surface area contributed by atoms with Crippen molar-refractivity contribution in [3.05, 3.63) is 33.4 Å². The van der Waals surface area contributed by atoms with E-state index in [1.807, 2.05) is 0 Å². The van der Waals surface area contributed by atoms with E-state index < -0.39 is 9.84 Å². The molecule has 7 nitrogen and oxygen atoms in total. The SMILES string of the molecule is C=CCn1c(SCC(=O)N(C)C2CCS(=O)(=O)C2)nc2sc3c(c2c1=O)CCC3. The second-order valence-electron chi connectivity index (χ2n) is 7.49. The summed E-state index contributed by atoms with van der Waals surface area (Å²) in [6, 6.07) is -0.279. The molecule has 29 heavy (non-hydrogen) atoms. The highest BCUT2D eigenvalue weighted by atomic mass is 32.2. The van der Waals surface area contributed by atoms with Crippen LogP contribution in [0.3, 0.4) is 0 Å². The Hall–Kier alpha value is -1.65. The van der Waals surface area contributed by atoms with Crippen LogP contribution in [0.15, 0.2) is 22.6 Å². The Labute approximate surface area is 177 Å². The first kappa shape index (κ1) is 20.6. The monoisotopic (exact) mass is 453 g/mol. The van der Waals surface area contributed by atoms with Gasteiger partial charge in [0.05, 0.1) is 22.6 Å². The first-order chi connectivity index (χ1) is 13.8. The van der Waals surface area contributed by atoms with Crippen molar-refractivity contribution in [1.29, 1.82) is 0 Å². The van der Waals surface area contributed by atoms with Crippen LogP contribution in [0.4, 0.5) is 0 Å². The smallest absolute Gasteiger partial charge is 0.263 e. The van der Waals surface area contributed by atoms with E-state index in [0.717, 1.165) is 29.7 Å². The first-order valence-electron chi connectivity index (χ1n) is 9.55. The van der Waals surface area contributed by atoms with Crippen molar-refractivity contribution in [1.82, 2.24) is 14.5 Å². The molecule has 0 aromatic carbocycles. The van der Waals surface area contributed by atoms with Gasteiger partial charge in [0.2, 0.25) is 5.91 Å². The number of carbonyl (C=O) groups is 1. The first-order valence-corrected chi connectivity index (χ1v) is 13.2.